The van der Waals surface area contributed by atoms with E-state index in [1.54, 1.807) is 4.90 Å². The third kappa shape index (κ3) is 28.0. The van der Waals surface area contributed by atoms with Gasteiger partial charge in [0.2, 0.25) is 11.8 Å². The molecule has 0 saturated carbocycles. The molecule has 0 aromatic heterocycles. The van der Waals surface area contributed by atoms with Crippen molar-refractivity contribution in [2.45, 2.75) is 143 Å². The number of hydrogen-bond donors (Lipinski definition) is 8. The Hall–Kier alpha value is -6.63. The fourth-order valence-electron chi connectivity index (χ4n) is 9.85. The zero-order chi connectivity index (χ0) is 61.5. The normalized spacial score (nSPS) is 17.1. The molecule has 2 heterocycles. The average molecular weight is 1170 g/mol. The number of fused-ring (bicyclic) bond motifs is 1. The van der Waals surface area contributed by atoms with Crippen LogP contribution >= 0.6 is 0 Å². The number of carbonyl (C=O) groups excluding carboxylic acids is 6. The van der Waals surface area contributed by atoms with Gasteiger partial charge in [0.15, 0.2) is 0 Å². The minimum absolute atomic E-state index is 0.0113. The second-order valence-electron chi connectivity index (χ2n) is 25.1. The molecule has 464 valence electrons. The molecule has 24 heteroatoms. The highest BCUT2D eigenvalue weighted by Gasteiger charge is 2.31. The second-order valence-corrected chi connectivity index (χ2v) is 25.1. The molecular formula is C59H94N10O14. The molecule has 0 radical (unpaired) electrons. The third-order valence-corrected chi connectivity index (χ3v) is 14.0. The van der Waals surface area contributed by atoms with E-state index in [0.717, 1.165) is 22.9 Å². The summed E-state index contributed by atoms with van der Waals surface area (Å²) in [6.45, 7) is 24.6. The SMILES string of the molecule is CC(C)(C)CN1CCN(CC(=O)NCC2CCN(C(=O)N[C@@H](Cc3ccc4ccccc4c3)C(=O)NCCCCC(NC(=O)N[C@@H](CCC(=O)O)C(=O)O)C(=O)O)CC2)CCN(CC(=O)OC(C)(C)C)CCN(CC(=O)OC(C)(C)C)CC1. The highest BCUT2D eigenvalue weighted by Crippen LogP contribution is 2.20. The number of nitrogens with zero attached hydrogens (tertiary/aromatic N) is 5. The van der Waals surface area contributed by atoms with E-state index in [4.69, 9.17) is 14.6 Å². The third-order valence-electron chi connectivity index (χ3n) is 14.0. The Morgan fingerprint density at radius 2 is 1.08 bits per heavy atom. The van der Waals surface area contributed by atoms with Crippen LogP contribution in [0.4, 0.5) is 9.59 Å². The summed E-state index contributed by atoms with van der Waals surface area (Å²) in [7, 11) is 0. The first-order valence-electron chi connectivity index (χ1n) is 29.1. The van der Waals surface area contributed by atoms with E-state index in [0.29, 0.717) is 91.3 Å². The molecule has 3 atom stereocenters. The van der Waals surface area contributed by atoms with Crippen molar-refractivity contribution >= 4 is 64.5 Å². The minimum atomic E-state index is -1.54. The number of nitrogens with one attached hydrogen (secondary N) is 5. The number of unbranched alkanes of at least 4 members (excludes halogenated alkanes) is 1. The Bertz CT molecular complexity index is 2490. The molecular weight excluding hydrogens is 1070 g/mol. The van der Waals surface area contributed by atoms with Gasteiger partial charge < -0.3 is 61.2 Å². The van der Waals surface area contributed by atoms with Crippen molar-refractivity contribution in [2.75, 3.05) is 105 Å². The van der Waals surface area contributed by atoms with Crippen molar-refractivity contribution in [3.63, 3.8) is 0 Å². The van der Waals surface area contributed by atoms with Crippen LogP contribution in [0.3, 0.4) is 0 Å². The van der Waals surface area contributed by atoms with Crippen molar-refractivity contribution in [3.05, 3.63) is 48.0 Å². The largest absolute Gasteiger partial charge is 0.481 e. The van der Waals surface area contributed by atoms with E-state index in [1.807, 2.05) is 88.9 Å². The van der Waals surface area contributed by atoms with Crippen LogP contribution in [0.15, 0.2) is 42.5 Å². The van der Waals surface area contributed by atoms with Crippen LogP contribution in [0, 0.1) is 11.3 Å². The van der Waals surface area contributed by atoms with Crippen molar-refractivity contribution in [2.24, 2.45) is 11.3 Å². The molecule has 2 fully saturated rings. The maximum atomic E-state index is 13.9. The zero-order valence-electron chi connectivity index (χ0n) is 50.4. The Kier molecular flexibility index (Phi) is 27.4. The van der Waals surface area contributed by atoms with E-state index < -0.39 is 78.0 Å². The molecule has 0 spiro atoms. The summed E-state index contributed by atoms with van der Waals surface area (Å²) >= 11 is 0. The van der Waals surface area contributed by atoms with Crippen molar-refractivity contribution in [1.29, 1.82) is 0 Å². The molecule has 2 aliphatic rings. The number of likely N-dealkylation sites (tertiary alicyclic amines) is 1. The Balaban J connectivity index is 1.34. The summed E-state index contributed by atoms with van der Waals surface area (Å²) in [5.74, 6) is -5.24. The van der Waals surface area contributed by atoms with Gasteiger partial charge in [-0.15, -0.1) is 0 Å². The predicted octanol–water partition coefficient (Wildman–Crippen LogP) is 3.60. The first-order chi connectivity index (χ1) is 38.9. The fraction of sp³-hybridized carbons (Fsp3) is 0.678. The van der Waals surface area contributed by atoms with Gasteiger partial charge in [-0.05, 0) is 108 Å². The van der Waals surface area contributed by atoms with Crippen LogP contribution in [0.1, 0.15) is 113 Å². The first kappa shape index (κ1) is 68.9. The number of hydrogen-bond acceptors (Lipinski definition) is 15. The van der Waals surface area contributed by atoms with Gasteiger partial charge in [0.05, 0.1) is 19.6 Å². The average Bonchev–Trinajstić information content (AvgIpc) is 3.48. The van der Waals surface area contributed by atoms with Gasteiger partial charge in [-0.2, -0.15) is 0 Å². The van der Waals surface area contributed by atoms with Gasteiger partial charge >= 0.3 is 41.9 Å². The molecule has 8 N–H and O–H groups in total. The number of aliphatic carboxylic acids is 3. The van der Waals surface area contributed by atoms with Gasteiger partial charge in [-0.3, -0.25) is 38.7 Å². The number of carboxylic acids is 3. The number of piperidine rings is 1. The molecule has 0 aliphatic carbocycles. The van der Waals surface area contributed by atoms with E-state index in [1.165, 1.54) is 0 Å². The molecule has 2 aromatic rings. The number of benzene rings is 2. The van der Waals surface area contributed by atoms with Crippen LogP contribution in [0.2, 0.25) is 0 Å². The maximum Gasteiger partial charge on any atom is 0.326 e. The number of ether oxygens (including phenoxy) is 2. The quantitative estimate of drug-likeness (QED) is 0.0520. The minimum Gasteiger partial charge on any atom is -0.481 e. The smallest absolute Gasteiger partial charge is 0.326 e. The lowest BCUT2D eigenvalue weighted by Crippen LogP contribution is -2.54. The number of urea groups is 2. The fourth-order valence-corrected chi connectivity index (χ4v) is 9.85. The lowest BCUT2D eigenvalue weighted by molar-refractivity contribution is -0.158. The number of carbonyl (C=O) groups is 9. The van der Waals surface area contributed by atoms with Gasteiger partial charge in [0.25, 0.3) is 0 Å². The van der Waals surface area contributed by atoms with Gasteiger partial charge in [0, 0.05) is 97.9 Å². The molecule has 2 aromatic carbocycles. The first-order valence-corrected chi connectivity index (χ1v) is 29.1. The Morgan fingerprint density at radius 3 is 1.59 bits per heavy atom. The lowest BCUT2D eigenvalue weighted by atomic mass is 9.96. The Labute approximate surface area is 489 Å². The topological polar surface area (TPSA) is 309 Å². The Morgan fingerprint density at radius 1 is 0.578 bits per heavy atom. The highest BCUT2D eigenvalue weighted by atomic mass is 16.6. The summed E-state index contributed by atoms with van der Waals surface area (Å²) in [5.41, 5.74) is -0.486. The molecule has 83 heavy (non-hydrogen) atoms. The van der Waals surface area contributed by atoms with E-state index in [2.05, 4.69) is 62.1 Å². The van der Waals surface area contributed by atoms with Crippen LogP contribution in [0.5, 0.6) is 0 Å². The van der Waals surface area contributed by atoms with Gasteiger partial charge in [0.1, 0.15) is 29.3 Å². The monoisotopic (exact) mass is 1170 g/mol. The predicted molar refractivity (Wildman–Crippen MR) is 312 cm³/mol. The van der Waals surface area contributed by atoms with Gasteiger partial charge in [-0.25, -0.2) is 19.2 Å². The molecule has 0 bridgehead atoms. The number of esters is 2. The number of amides is 6. The summed E-state index contributed by atoms with van der Waals surface area (Å²) in [6.07, 6.45) is 0.966. The summed E-state index contributed by atoms with van der Waals surface area (Å²) < 4.78 is 11.4. The number of rotatable bonds is 25. The lowest BCUT2D eigenvalue weighted by Gasteiger charge is -2.36. The van der Waals surface area contributed by atoms with Crippen LogP contribution in [0.25, 0.3) is 10.8 Å². The zero-order valence-corrected chi connectivity index (χ0v) is 50.4. The van der Waals surface area contributed by atoms with Crippen LogP contribution < -0.4 is 26.6 Å². The van der Waals surface area contributed by atoms with Crippen molar-refractivity contribution in [1.82, 2.24) is 51.1 Å². The van der Waals surface area contributed by atoms with Crippen molar-refractivity contribution in [3.8, 4) is 0 Å². The molecule has 6 amide bonds. The molecule has 4 rings (SSSR count). The number of carboxylic acid groups (broad SMARTS) is 3. The molecule has 2 aliphatic heterocycles. The van der Waals surface area contributed by atoms with Gasteiger partial charge in [-0.1, -0.05) is 63.2 Å². The van der Waals surface area contributed by atoms with E-state index in [-0.39, 0.29) is 74.6 Å². The maximum absolute atomic E-state index is 13.9. The van der Waals surface area contributed by atoms with E-state index >= 15 is 0 Å². The summed E-state index contributed by atoms with van der Waals surface area (Å²) in [6, 6.07) is 8.19. The van der Waals surface area contributed by atoms with Crippen LogP contribution in [-0.4, -0.2) is 228 Å². The van der Waals surface area contributed by atoms with Crippen molar-refractivity contribution < 1.29 is 67.9 Å². The molecule has 24 nitrogen and oxygen atoms in total. The summed E-state index contributed by atoms with van der Waals surface area (Å²) in [4.78, 5) is 125. The molecule has 2 saturated heterocycles. The van der Waals surface area contributed by atoms with Crippen LogP contribution in [-0.2, 0) is 49.5 Å². The highest BCUT2D eigenvalue weighted by molar-refractivity contribution is 5.89. The van der Waals surface area contributed by atoms with E-state index in [9.17, 15) is 53.4 Å². The standard InChI is InChI=1S/C59H94N10O14/c1-57(2,3)40-68-32-30-65(26-27-66(38-50(73)82-58(4,5)6)28-29-67(31-33-68)39-51(74)83-59(7,8)9)37-48(70)61-36-41-21-24-69(25-22-41)56(81)64-47(35-42-17-18-43-14-10-11-15-44(43)34-42)52(75)60-23-13-12-16-45(53(76)77)62-55(80)63-46(54(78)79)19-20-49(71)72/h10-11,14-15,17-18,34,41,45-47H,12-13,16,19-33,35-40H2,1-9H3,(H,60,75)(H,61,70)(H,64,81)(H,71,72)(H,76,77)(H,78,79)(H2,62,63,80)/t45?,46-,47-/m0/s1. The molecule has 1 unspecified atom stereocenters. The second kappa shape index (κ2) is 33.0. The summed E-state index contributed by atoms with van der Waals surface area (Å²) in [5, 5.41) is 43.3.